The Morgan fingerprint density at radius 1 is 0.923 bits per heavy atom. The van der Waals surface area contributed by atoms with Crippen molar-refractivity contribution in [3.05, 3.63) is 66.6 Å². The number of fused-ring (bicyclic) bond motifs is 2. The fraction of sp³-hybridized carbons (Fsp3) is 0.0500. The summed E-state index contributed by atoms with van der Waals surface area (Å²) in [4.78, 5) is 12.4. The van der Waals surface area contributed by atoms with Crippen LogP contribution < -0.4 is 5.32 Å². The molecule has 3 N–H and O–H groups in total. The van der Waals surface area contributed by atoms with E-state index in [1.54, 1.807) is 12.4 Å². The number of rotatable bonds is 3. The van der Waals surface area contributed by atoms with Crippen LogP contribution in [0, 0.1) is 6.92 Å². The summed E-state index contributed by atoms with van der Waals surface area (Å²) in [5.41, 5.74) is 6.11. The molecule has 0 unspecified atom stereocenters. The van der Waals surface area contributed by atoms with Gasteiger partial charge in [0, 0.05) is 34.0 Å². The van der Waals surface area contributed by atoms with Gasteiger partial charge in [-0.3, -0.25) is 5.10 Å². The van der Waals surface area contributed by atoms with Crippen LogP contribution in [0.4, 0.5) is 11.6 Å². The molecule has 0 aliphatic heterocycles. The summed E-state index contributed by atoms with van der Waals surface area (Å²) < 4.78 is 0. The number of nitrogens with zero attached hydrogens (tertiary/aromatic N) is 3. The SMILES string of the molecule is Cc1cc2ccc(-c3ccnc(Nc4ccc5[nH]ncc5c4)n3)cc2[nH]1. The Balaban J connectivity index is 1.48. The fourth-order valence-electron chi connectivity index (χ4n) is 3.16. The Hall–Kier alpha value is -3.67. The van der Waals surface area contributed by atoms with Gasteiger partial charge >= 0.3 is 0 Å². The average molecular weight is 340 g/mol. The van der Waals surface area contributed by atoms with Gasteiger partial charge in [0.25, 0.3) is 0 Å². The van der Waals surface area contributed by atoms with Gasteiger partial charge in [-0.1, -0.05) is 12.1 Å². The monoisotopic (exact) mass is 340 g/mol. The topological polar surface area (TPSA) is 82.3 Å². The smallest absolute Gasteiger partial charge is 0.227 e. The maximum absolute atomic E-state index is 4.66. The van der Waals surface area contributed by atoms with Gasteiger partial charge in [0.2, 0.25) is 5.95 Å². The van der Waals surface area contributed by atoms with E-state index in [2.05, 4.69) is 61.7 Å². The van der Waals surface area contributed by atoms with Crippen LogP contribution in [0.1, 0.15) is 5.69 Å². The Bertz CT molecular complexity index is 1230. The molecular formula is C20H16N6. The predicted octanol–water partition coefficient (Wildman–Crippen LogP) is 4.55. The van der Waals surface area contributed by atoms with Gasteiger partial charge in [-0.25, -0.2) is 9.97 Å². The first-order valence-corrected chi connectivity index (χ1v) is 8.37. The molecule has 3 heterocycles. The van der Waals surface area contributed by atoms with Crippen molar-refractivity contribution < 1.29 is 0 Å². The molecule has 0 amide bonds. The summed E-state index contributed by atoms with van der Waals surface area (Å²) in [6.07, 6.45) is 3.57. The van der Waals surface area contributed by atoms with E-state index < -0.39 is 0 Å². The third kappa shape index (κ3) is 2.57. The minimum absolute atomic E-state index is 0.563. The van der Waals surface area contributed by atoms with E-state index in [9.17, 15) is 0 Å². The Morgan fingerprint density at radius 2 is 1.88 bits per heavy atom. The van der Waals surface area contributed by atoms with Gasteiger partial charge < -0.3 is 10.3 Å². The normalized spacial score (nSPS) is 11.3. The van der Waals surface area contributed by atoms with Crippen molar-refractivity contribution >= 4 is 33.4 Å². The van der Waals surface area contributed by atoms with Gasteiger partial charge in [-0.2, -0.15) is 5.10 Å². The molecule has 0 saturated carbocycles. The van der Waals surface area contributed by atoms with Crippen molar-refractivity contribution in [3.63, 3.8) is 0 Å². The van der Waals surface area contributed by atoms with Crippen molar-refractivity contribution in [1.29, 1.82) is 0 Å². The second-order valence-corrected chi connectivity index (χ2v) is 6.32. The average Bonchev–Trinajstić information content (AvgIpc) is 3.26. The highest BCUT2D eigenvalue weighted by atomic mass is 15.1. The second-order valence-electron chi connectivity index (χ2n) is 6.32. The number of aromatic nitrogens is 5. The van der Waals surface area contributed by atoms with E-state index in [1.807, 2.05) is 24.3 Å². The van der Waals surface area contributed by atoms with Gasteiger partial charge in [0.1, 0.15) is 0 Å². The first-order chi connectivity index (χ1) is 12.7. The van der Waals surface area contributed by atoms with Crippen molar-refractivity contribution in [3.8, 4) is 11.3 Å². The number of anilines is 2. The Labute approximate surface area is 149 Å². The molecule has 3 aromatic heterocycles. The van der Waals surface area contributed by atoms with Crippen LogP contribution >= 0.6 is 0 Å². The third-order valence-electron chi connectivity index (χ3n) is 4.40. The van der Waals surface area contributed by atoms with Crippen LogP contribution in [0.25, 0.3) is 33.1 Å². The van der Waals surface area contributed by atoms with Gasteiger partial charge in [-0.15, -0.1) is 0 Å². The van der Waals surface area contributed by atoms with Gasteiger partial charge in [0.05, 0.1) is 17.4 Å². The van der Waals surface area contributed by atoms with E-state index in [1.165, 1.54) is 5.39 Å². The standard InChI is InChI=1S/C20H16N6/c1-12-8-13-2-3-14(10-19(13)23-12)17-6-7-21-20(25-17)24-16-4-5-18-15(9-16)11-22-26-18/h2-11,23H,1H3,(H,22,26)(H,21,24,25). The van der Waals surface area contributed by atoms with Crippen LogP contribution in [-0.4, -0.2) is 25.1 Å². The highest BCUT2D eigenvalue weighted by Crippen LogP contribution is 2.25. The minimum atomic E-state index is 0.563. The van der Waals surface area contributed by atoms with Crippen LogP contribution in [0.5, 0.6) is 0 Å². The molecule has 0 fully saturated rings. The highest BCUT2D eigenvalue weighted by Gasteiger charge is 2.06. The zero-order valence-corrected chi connectivity index (χ0v) is 14.1. The summed E-state index contributed by atoms with van der Waals surface area (Å²) in [6.45, 7) is 2.06. The van der Waals surface area contributed by atoms with E-state index in [0.29, 0.717) is 5.95 Å². The summed E-state index contributed by atoms with van der Waals surface area (Å²) in [6, 6.07) is 16.3. The van der Waals surface area contributed by atoms with Crippen LogP contribution in [0.2, 0.25) is 0 Å². The highest BCUT2D eigenvalue weighted by molar-refractivity contribution is 5.85. The lowest BCUT2D eigenvalue weighted by Crippen LogP contribution is -1.97. The van der Waals surface area contributed by atoms with Crippen LogP contribution in [-0.2, 0) is 0 Å². The van der Waals surface area contributed by atoms with E-state index in [-0.39, 0.29) is 0 Å². The number of nitrogens with one attached hydrogen (secondary N) is 3. The molecule has 0 radical (unpaired) electrons. The minimum Gasteiger partial charge on any atom is -0.359 e. The predicted molar refractivity (Wildman–Crippen MR) is 103 cm³/mol. The third-order valence-corrected chi connectivity index (χ3v) is 4.40. The molecule has 0 saturated heterocycles. The second kappa shape index (κ2) is 5.70. The molecular weight excluding hydrogens is 324 g/mol. The van der Waals surface area contributed by atoms with Crippen LogP contribution in [0.3, 0.4) is 0 Å². The Morgan fingerprint density at radius 3 is 2.85 bits per heavy atom. The quantitative estimate of drug-likeness (QED) is 0.450. The molecule has 0 aliphatic rings. The van der Waals surface area contributed by atoms with Crippen molar-refractivity contribution in [2.24, 2.45) is 0 Å². The summed E-state index contributed by atoms with van der Waals surface area (Å²) in [7, 11) is 0. The largest absolute Gasteiger partial charge is 0.359 e. The van der Waals surface area contributed by atoms with E-state index in [4.69, 9.17) is 0 Å². The van der Waals surface area contributed by atoms with Crippen molar-refractivity contribution in [1.82, 2.24) is 25.1 Å². The number of hydrogen-bond acceptors (Lipinski definition) is 4. The zero-order chi connectivity index (χ0) is 17.5. The number of benzene rings is 2. The lowest BCUT2D eigenvalue weighted by Gasteiger charge is -2.07. The maximum Gasteiger partial charge on any atom is 0.227 e. The number of aromatic amines is 2. The molecule has 0 atom stereocenters. The molecule has 5 aromatic rings. The fourth-order valence-corrected chi connectivity index (χ4v) is 3.16. The first-order valence-electron chi connectivity index (χ1n) is 8.37. The Kier molecular flexibility index (Phi) is 3.21. The van der Waals surface area contributed by atoms with Crippen molar-refractivity contribution in [2.45, 2.75) is 6.92 Å². The molecule has 5 rings (SSSR count). The molecule has 0 aliphatic carbocycles. The summed E-state index contributed by atoms with van der Waals surface area (Å²) >= 11 is 0. The molecule has 0 bridgehead atoms. The first kappa shape index (κ1) is 14.7. The molecule has 126 valence electrons. The van der Waals surface area contributed by atoms with E-state index >= 15 is 0 Å². The van der Waals surface area contributed by atoms with E-state index in [0.717, 1.165) is 39.1 Å². The number of H-pyrrole nitrogens is 2. The lowest BCUT2D eigenvalue weighted by atomic mass is 10.1. The van der Waals surface area contributed by atoms with Crippen molar-refractivity contribution in [2.75, 3.05) is 5.32 Å². The molecule has 26 heavy (non-hydrogen) atoms. The zero-order valence-electron chi connectivity index (χ0n) is 14.1. The van der Waals surface area contributed by atoms with Gasteiger partial charge in [-0.05, 0) is 48.7 Å². The molecule has 2 aromatic carbocycles. The van der Waals surface area contributed by atoms with Gasteiger partial charge in [0.15, 0.2) is 0 Å². The lowest BCUT2D eigenvalue weighted by molar-refractivity contribution is 1.12. The maximum atomic E-state index is 4.66. The number of hydrogen-bond donors (Lipinski definition) is 3. The summed E-state index contributed by atoms with van der Waals surface area (Å²) in [5, 5.41) is 12.5. The number of aryl methyl sites for hydroxylation is 1. The molecule has 6 heteroatoms. The van der Waals surface area contributed by atoms with Crippen LogP contribution in [0.15, 0.2) is 60.9 Å². The molecule has 0 spiro atoms. The molecule has 6 nitrogen and oxygen atoms in total. The summed E-state index contributed by atoms with van der Waals surface area (Å²) in [5.74, 6) is 0.563.